The van der Waals surface area contributed by atoms with Gasteiger partial charge in [-0.25, -0.2) is 13.2 Å². The lowest BCUT2D eigenvalue weighted by Gasteiger charge is -2.03. The maximum atomic E-state index is 13.6. The van der Waals surface area contributed by atoms with Crippen LogP contribution in [-0.2, 0) is 0 Å². The van der Waals surface area contributed by atoms with Gasteiger partial charge in [0, 0.05) is 16.0 Å². The average molecular weight is 232 g/mol. The molecule has 0 heterocycles. The van der Waals surface area contributed by atoms with Crippen molar-refractivity contribution in [3.63, 3.8) is 0 Å². The summed E-state index contributed by atoms with van der Waals surface area (Å²) in [5, 5.41) is 16.7. The molecule has 5 heteroatoms. The van der Waals surface area contributed by atoms with Crippen molar-refractivity contribution in [1.82, 2.24) is 0 Å². The van der Waals surface area contributed by atoms with Gasteiger partial charge in [-0.2, -0.15) is 0 Å². The van der Waals surface area contributed by atoms with E-state index in [1.54, 1.807) is 0 Å². The first-order valence-corrected chi connectivity index (χ1v) is 4.59. The van der Waals surface area contributed by atoms with Gasteiger partial charge in [0.15, 0.2) is 11.6 Å². The summed E-state index contributed by atoms with van der Waals surface area (Å²) in [6, 6.07) is 0. The Morgan fingerprint density at radius 3 is 1.75 bits per heavy atom. The summed E-state index contributed by atoms with van der Waals surface area (Å²) in [6.07, 6.45) is 1.97. The first-order chi connectivity index (χ1) is 7.54. The predicted molar refractivity (Wildman–Crippen MR) is 53.4 cm³/mol. The van der Waals surface area contributed by atoms with Crippen LogP contribution in [0, 0.1) is 24.4 Å². The Hall–Kier alpha value is -1.33. The van der Waals surface area contributed by atoms with Gasteiger partial charge in [0.25, 0.3) is 0 Å². The standard InChI is InChI=1S/C11H11F3O2/c1-6-9(12)7(2-4-15)8(3-5-16)11(14)10(6)13/h2-3,15-16H,4-5H2,1H3. The number of hydrogen-bond acceptors (Lipinski definition) is 2. The van der Waals surface area contributed by atoms with Gasteiger partial charge in [0.1, 0.15) is 5.82 Å². The van der Waals surface area contributed by atoms with Crippen LogP contribution in [0.1, 0.15) is 5.56 Å². The molecule has 0 aliphatic heterocycles. The highest BCUT2D eigenvalue weighted by Crippen LogP contribution is 2.08. The molecule has 2 nitrogen and oxygen atoms in total. The highest BCUT2D eigenvalue weighted by molar-refractivity contribution is 5.37. The zero-order valence-corrected chi connectivity index (χ0v) is 8.60. The minimum absolute atomic E-state index is 0.243. The molecule has 88 valence electrons. The molecular formula is C11H11F3O2. The average Bonchev–Trinajstić information content (AvgIpc) is 2.28. The van der Waals surface area contributed by atoms with Crippen LogP contribution in [0.25, 0.3) is 12.2 Å². The van der Waals surface area contributed by atoms with E-state index >= 15 is 0 Å². The number of aliphatic hydroxyl groups excluding tert-OH is 2. The molecule has 1 rings (SSSR count). The molecule has 0 atom stereocenters. The number of rotatable bonds is 2. The molecule has 0 radical (unpaired) electrons. The van der Waals surface area contributed by atoms with Crippen molar-refractivity contribution in [3.05, 3.63) is 33.5 Å². The van der Waals surface area contributed by atoms with Crippen molar-refractivity contribution < 1.29 is 23.4 Å². The van der Waals surface area contributed by atoms with E-state index in [-0.39, 0.29) is 10.4 Å². The molecule has 0 unspecified atom stereocenters. The van der Waals surface area contributed by atoms with Gasteiger partial charge in [0.05, 0.1) is 13.2 Å². The lowest BCUT2D eigenvalue weighted by molar-refractivity contribution is 0.352. The van der Waals surface area contributed by atoms with Gasteiger partial charge in [-0.05, 0) is 19.1 Å². The van der Waals surface area contributed by atoms with Crippen molar-refractivity contribution >= 4 is 12.2 Å². The zero-order valence-electron chi connectivity index (χ0n) is 8.60. The van der Waals surface area contributed by atoms with E-state index in [0.717, 1.165) is 19.1 Å². The highest BCUT2D eigenvalue weighted by Gasteiger charge is 2.14. The molecule has 16 heavy (non-hydrogen) atoms. The summed E-state index contributed by atoms with van der Waals surface area (Å²) in [4.78, 5) is 0. The SMILES string of the molecule is Cc1c(F)c(F)c(=CCO)c(=CCO)c1F. The second-order valence-electron chi connectivity index (χ2n) is 3.17. The molecule has 1 aromatic carbocycles. The van der Waals surface area contributed by atoms with E-state index in [1.165, 1.54) is 0 Å². The highest BCUT2D eigenvalue weighted by atomic mass is 19.2. The fraction of sp³-hybridized carbons (Fsp3) is 0.273. The van der Waals surface area contributed by atoms with Gasteiger partial charge in [0.2, 0.25) is 0 Å². The molecule has 0 fully saturated rings. The normalized spacial score (nSPS) is 13.6. The second-order valence-corrected chi connectivity index (χ2v) is 3.17. The lowest BCUT2D eigenvalue weighted by atomic mass is 10.1. The maximum Gasteiger partial charge on any atom is 0.166 e. The van der Waals surface area contributed by atoms with Gasteiger partial charge in [-0.15, -0.1) is 0 Å². The summed E-state index contributed by atoms with van der Waals surface area (Å²) >= 11 is 0. The van der Waals surface area contributed by atoms with Crippen molar-refractivity contribution in [2.45, 2.75) is 6.92 Å². The van der Waals surface area contributed by atoms with Crippen LogP contribution in [0.4, 0.5) is 13.2 Å². The number of halogens is 3. The Labute approximate surface area is 90.0 Å². The quantitative estimate of drug-likeness (QED) is 0.702. The third-order valence-electron chi connectivity index (χ3n) is 2.21. The van der Waals surface area contributed by atoms with Crippen LogP contribution < -0.4 is 10.4 Å². The molecule has 0 spiro atoms. The van der Waals surface area contributed by atoms with Crippen molar-refractivity contribution in [2.75, 3.05) is 13.2 Å². The Morgan fingerprint density at radius 2 is 1.31 bits per heavy atom. The minimum atomic E-state index is -1.28. The predicted octanol–water partition coefficient (Wildman–Crippen LogP) is -0.0421. The molecule has 0 saturated heterocycles. The van der Waals surface area contributed by atoms with Crippen LogP contribution in [0.2, 0.25) is 0 Å². The summed E-state index contributed by atoms with van der Waals surface area (Å²) in [5.41, 5.74) is -0.452. The molecule has 0 saturated carbocycles. The Kier molecular flexibility index (Phi) is 4.09. The maximum absolute atomic E-state index is 13.6. The molecule has 2 N–H and O–H groups in total. The van der Waals surface area contributed by atoms with Crippen LogP contribution in [0.15, 0.2) is 0 Å². The van der Waals surface area contributed by atoms with Crippen molar-refractivity contribution in [3.8, 4) is 0 Å². The van der Waals surface area contributed by atoms with Gasteiger partial charge >= 0.3 is 0 Å². The monoisotopic (exact) mass is 232 g/mol. The third-order valence-corrected chi connectivity index (χ3v) is 2.21. The number of hydrogen-bond donors (Lipinski definition) is 2. The smallest absolute Gasteiger partial charge is 0.166 e. The topological polar surface area (TPSA) is 40.5 Å². The van der Waals surface area contributed by atoms with Crippen LogP contribution in [-0.4, -0.2) is 23.4 Å². The van der Waals surface area contributed by atoms with E-state index in [0.29, 0.717) is 0 Å². The summed E-state index contributed by atoms with van der Waals surface area (Å²) in [6.45, 7) is 0.0457. The van der Waals surface area contributed by atoms with Crippen molar-refractivity contribution in [2.24, 2.45) is 0 Å². The van der Waals surface area contributed by atoms with Crippen LogP contribution in [0.3, 0.4) is 0 Å². The molecule has 0 aliphatic rings. The molecule has 0 aliphatic carbocycles. The third kappa shape index (κ3) is 2.10. The largest absolute Gasteiger partial charge is 0.392 e. The molecular weight excluding hydrogens is 221 g/mol. The number of aliphatic hydroxyl groups is 2. The Morgan fingerprint density at radius 1 is 0.875 bits per heavy atom. The van der Waals surface area contributed by atoms with Gasteiger partial charge < -0.3 is 10.2 Å². The van der Waals surface area contributed by atoms with Crippen LogP contribution >= 0.6 is 0 Å². The van der Waals surface area contributed by atoms with E-state index < -0.39 is 36.2 Å². The van der Waals surface area contributed by atoms with Crippen molar-refractivity contribution in [1.29, 1.82) is 0 Å². The minimum Gasteiger partial charge on any atom is -0.392 e. The first-order valence-electron chi connectivity index (χ1n) is 4.59. The summed E-state index contributed by atoms with van der Waals surface area (Å²) < 4.78 is 40.2. The van der Waals surface area contributed by atoms with E-state index in [4.69, 9.17) is 10.2 Å². The zero-order chi connectivity index (χ0) is 12.3. The van der Waals surface area contributed by atoms with Gasteiger partial charge in [-0.3, -0.25) is 0 Å². The summed E-state index contributed by atoms with van der Waals surface area (Å²) in [7, 11) is 0. The van der Waals surface area contributed by atoms with Gasteiger partial charge in [-0.1, -0.05) is 0 Å². The van der Waals surface area contributed by atoms with E-state index in [2.05, 4.69) is 0 Å². The number of benzene rings is 1. The lowest BCUT2D eigenvalue weighted by Crippen LogP contribution is -2.35. The Balaban J connectivity index is 3.85. The fourth-order valence-corrected chi connectivity index (χ4v) is 1.40. The molecule has 0 amide bonds. The second kappa shape index (κ2) is 5.14. The Bertz CT molecular complexity index is 462. The summed E-state index contributed by atoms with van der Waals surface area (Å²) in [5.74, 6) is -3.45. The fourth-order valence-electron chi connectivity index (χ4n) is 1.40. The molecule has 1 aromatic rings. The first kappa shape index (κ1) is 12.7. The molecule has 0 aromatic heterocycles. The van der Waals surface area contributed by atoms with Crippen LogP contribution in [0.5, 0.6) is 0 Å². The molecule has 0 bridgehead atoms. The van der Waals surface area contributed by atoms with E-state index in [9.17, 15) is 13.2 Å². The van der Waals surface area contributed by atoms with E-state index in [1.807, 2.05) is 0 Å².